The molecule has 2 N–H and O–H groups in total. The Hall–Kier alpha value is -0.680. The first-order valence-corrected chi connectivity index (χ1v) is 6.57. The zero-order chi connectivity index (χ0) is 12.1. The third-order valence-corrected chi connectivity index (χ3v) is 4.09. The highest BCUT2D eigenvalue weighted by Gasteiger charge is 2.06. The van der Waals surface area contributed by atoms with Gasteiger partial charge in [0.15, 0.2) is 0 Å². The summed E-state index contributed by atoms with van der Waals surface area (Å²) in [6.07, 6.45) is 0.414. The zero-order valence-corrected chi connectivity index (χ0v) is 11.7. The number of anilines is 1. The predicted octanol–water partition coefficient (Wildman–Crippen LogP) is 2.99. The van der Waals surface area contributed by atoms with Crippen molar-refractivity contribution < 1.29 is 9.53 Å². The smallest absolute Gasteiger partial charge is 0.306 e. The standard InChI is InChI=1S/C11H14BrNO2S/c1-7-5-10(8(12)6-9(7)13)16-4-3-11(14)15-2/h5-6H,3-4,13H2,1-2H3. The average Bonchev–Trinajstić information content (AvgIpc) is 2.25. The van der Waals surface area contributed by atoms with Crippen LogP contribution in [0, 0.1) is 6.92 Å². The van der Waals surface area contributed by atoms with Crippen LogP contribution in [0.4, 0.5) is 5.69 Å². The van der Waals surface area contributed by atoms with E-state index < -0.39 is 0 Å². The first kappa shape index (κ1) is 13.4. The Morgan fingerprint density at radius 1 is 1.56 bits per heavy atom. The van der Waals surface area contributed by atoms with E-state index in [0.29, 0.717) is 12.2 Å². The van der Waals surface area contributed by atoms with Crippen molar-refractivity contribution in [2.24, 2.45) is 0 Å². The van der Waals surface area contributed by atoms with E-state index in [-0.39, 0.29) is 5.97 Å². The minimum absolute atomic E-state index is 0.184. The number of benzene rings is 1. The molecule has 1 rings (SSSR count). The number of thioether (sulfide) groups is 1. The van der Waals surface area contributed by atoms with Crippen molar-refractivity contribution in [3.8, 4) is 0 Å². The van der Waals surface area contributed by atoms with Crippen molar-refractivity contribution >= 4 is 39.3 Å². The summed E-state index contributed by atoms with van der Waals surface area (Å²) in [7, 11) is 1.40. The maximum absolute atomic E-state index is 10.9. The Morgan fingerprint density at radius 2 is 2.25 bits per heavy atom. The summed E-state index contributed by atoms with van der Waals surface area (Å²) in [6.45, 7) is 1.96. The van der Waals surface area contributed by atoms with Crippen LogP contribution < -0.4 is 5.73 Å². The molecule has 0 aliphatic rings. The van der Waals surface area contributed by atoms with Gasteiger partial charge in [0.05, 0.1) is 13.5 Å². The average molecular weight is 304 g/mol. The lowest BCUT2D eigenvalue weighted by Crippen LogP contribution is -2.01. The minimum Gasteiger partial charge on any atom is -0.469 e. The van der Waals surface area contributed by atoms with Gasteiger partial charge in [0.2, 0.25) is 0 Å². The summed E-state index contributed by atoms with van der Waals surface area (Å²) in [4.78, 5) is 12.0. The number of esters is 1. The number of nitrogens with two attached hydrogens (primary N) is 1. The number of nitrogen functional groups attached to an aromatic ring is 1. The van der Waals surface area contributed by atoms with Crippen molar-refractivity contribution in [2.75, 3.05) is 18.6 Å². The molecule has 0 aromatic heterocycles. The number of methoxy groups -OCH3 is 1. The van der Waals surface area contributed by atoms with Crippen molar-refractivity contribution in [3.05, 3.63) is 22.2 Å². The van der Waals surface area contributed by atoms with E-state index in [4.69, 9.17) is 5.73 Å². The van der Waals surface area contributed by atoms with Crippen LogP contribution in [0.5, 0.6) is 0 Å². The number of carbonyl (C=O) groups excluding carboxylic acids is 1. The van der Waals surface area contributed by atoms with Crippen LogP contribution in [0.25, 0.3) is 0 Å². The zero-order valence-electron chi connectivity index (χ0n) is 9.25. The molecule has 0 spiro atoms. The predicted molar refractivity (Wildman–Crippen MR) is 70.6 cm³/mol. The van der Waals surface area contributed by atoms with E-state index in [1.807, 2.05) is 19.1 Å². The molecule has 0 atom stereocenters. The van der Waals surface area contributed by atoms with Gasteiger partial charge in [-0.2, -0.15) is 0 Å². The molecule has 88 valence electrons. The lowest BCUT2D eigenvalue weighted by atomic mass is 10.2. The molecule has 0 amide bonds. The molecule has 1 aromatic carbocycles. The van der Waals surface area contributed by atoms with Gasteiger partial charge in [-0.05, 0) is 40.5 Å². The van der Waals surface area contributed by atoms with Crippen LogP contribution in [-0.4, -0.2) is 18.8 Å². The van der Waals surface area contributed by atoms with Crippen LogP contribution >= 0.6 is 27.7 Å². The highest BCUT2D eigenvalue weighted by Crippen LogP contribution is 2.31. The van der Waals surface area contributed by atoms with Crippen molar-refractivity contribution in [1.29, 1.82) is 0 Å². The normalized spacial score (nSPS) is 10.2. The van der Waals surface area contributed by atoms with Gasteiger partial charge in [-0.3, -0.25) is 4.79 Å². The number of ether oxygens (including phenoxy) is 1. The van der Waals surface area contributed by atoms with E-state index in [9.17, 15) is 4.79 Å². The summed E-state index contributed by atoms with van der Waals surface area (Å²) in [6, 6.07) is 3.90. The Morgan fingerprint density at radius 3 is 2.88 bits per heavy atom. The number of aryl methyl sites for hydroxylation is 1. The lowest BCUT2D eigenvalue weighted by molar-refractivity contribution is -0.140. The summed E-state index contributed by atoms with van der Waals surface area (Å²) in [5.74, 6) is 0.519. The van der Waals surface area contributed by atoms with E-state index >= 15 is 0 Å². The molecule has 0 saturated carbocycles. The van der Waals surface area contributed by atoms with Gasteiger partial charge < -0.3 is 10.5 Å². The van der Waals surface area contributed by atoms with Crippen LogP contribution in [0.1, 0.15) is 12.0 Å². The monoisotopic (exact) mass is 303 g/mol. The maximum atomic E-state index is 10.9. The fourth-order valence-corrected chi connectivity index (χ4v) is 2.78. The second-order valence-electron chi connectivity index (χ2n) is 3.31. The van der Waals surface area contributed by atoms with Gasteiger partial charge in [0, 0.05) is 20.8 Å². The number of rotatable bonds is 4. The SMILES string of the molecule is COC(=O)CCSc1cc(C)c(N)cc1Br. The molecule has 0 aliphatic carbocycles. The third-order valence-electron chi connectivity index (χ3n) is 2.11. The molecule has 1 aromatic rings. The van der Waals surface area contributed by atoms with Crippen LogP contribution in [0.2, 0.25) is 0 Å². The highest BCUT2D eigenvalue weighted by atomic mass is 79.9. The van der Waals surface area contributed by atoms with Gasteiger partial charge >= 0.3 is 5.97 Å². The molecule has 0 radical (unpaired) electrons. The molecular weight excluding hydrogens is 290 g/mol. The highest BCUT2D eigenvalue weighted by molar-refractivity contribution is 9.10. The molecule has 0 saturated heterocycles. The van der Waals surface area contributed by atoms with Crippen LogP contribution in [0.3, 0.4) is 0 Å². The van der Waals surface area contributed by atoms with E-state index in [1.54, 1.807) is 11.8 Å². The molecule has 16 heavy (non-hydrogen) atoms. The maximum Gasteiger partial charge on any atom is 0.306 e. The first-order valence-electron chi connectivity index (χ1n) is 4.80. The second-order valence-corrected chi connectivity index (χ2v) is 5.30. The number of carbonyl (C=O) groups is 1. The molecule has 0 fully saturated rings. The Labute approximate surface area is 108 Å². The van der Waals surface area contributed by atoms with Gasteiger partial charge in [-0.15, -0.1) is 11.8 Å². The van der Waals surface area contributed by atoms with Gasteiger partial charge in [-0.25, -0.2) is 0 Å². The lowest BCUT2D eigenvalue weighted by Gasteiger charge is -2.07. The van der Waals surface area contributed by atoms with Crippen molar-refractivity contribution in [1.82, 2.24) is 0 Å². The molecule has 0 heterocycles. The van der Waals surface area contributed by atoms with Gasteiger partial charge in [0.25, 0.3) is 0 Å². The second kappa shape index (κ2) is 6.15. The van der Waals surface area contributed by atoms with E-state index in [2.05, 4.69) is 20.7 Å². The number of hydrogen-bond donors (Lipinski definition) is 1. The molecule has 0 bridgehead atoms. The summed E-state index contributed by atoms with van der Waals surface area (Å²) < 4.78 is 5.54. The van der Waals surface area contributed by atoms with Crippen LogP contribution in [0.15, 0.2) is 21.5 Å². The third kappa shape index (κ3) is 3.72. The number of hydrogen-bond acceptors (Lipinski definition) is 4. The Kier molecular flexibility index (Phi) is 5.15. The number of halogens is 1. The van der Waals surface area contributed by atoms with Crippen LogP contribution in [-0.2, 0) is 9.53 Å². The first-order chi connectivity index (χ1) is 7.54. The van der Waals surface area contributed by atoms with Gasteiger partial charge in [0.1, 0.15) is 0 Å². The Balaban J connectivity index is 2.60. The molecule has 5 heteroatoms. The summed E-state index contributed by atoms with van der Waals surface area (Å²) in [5, 5.41) is 0. The Bertz CT molecular complexity index is 396. The quantitative estimate of drug-likeness (QED) is 0.528. The topological polar surface area (TPSA) is 52.3 Å². The molecule has 0 aliphatic heterocycles. The van der Waals surface area contributed by atoms with Crippen molar-refractivity contribution in [2.45, 2.75) is 18.2 Å². The molecule has 3 nitrogen and oxygen atoms in total. The minimum atomic E-state index is -0.184. The largest absolute Gasteiger partial charge is 0.469 e. The van der Waals surface area contributed by atoms with Gasteiger partial charge in [-0.1, -0.05) is 0 Å². The molecular formula is C11H14BrNO2S. The summed E-state index contributed by atoms with van der Waals surface area (Å²) >= 11 is 5.06. The fourth-order valence-electron chi connectivity index (χ4n) is 1.13. The molecule has 0 unspecified atom stereocenters. The fraction of sp³-hybridized carbons (Fsp3) is 0.364. The summed E-state index contributed by atoms with van der Waals surface area (Å²) in [5.41, 5.74) is 7.59. The van der Waals surface area contributed by atoms with Crippen molar-refractivity contribution in [3.63, 3.8) is 0 Å². The van der Waals surface area contributed by atoms with E-state index in [1.165, 1.54) is 7.11 Å². The van der Waals surface area contributed by atoms with E-state index in [0.717, 1.165) is 20.6 Å².